The Morgan fingerprint density at radius 3 is 2.63 bits per heavy atom. The quantitative estimate of drug-likeness (QED) is 0.537. The Morgan fingerprint density at radius 2 is 1.92 bits per heavy atom. The summed E-state index contributed by atoms with van der Waals surface area (Å²) in [5, 5.41) is 16.1. The summed E-state index contributed by atoms with van der Waals surface area (Å²) in [7, 11) is -7.58. The Kier molecular flexibility index (Phi) is 5.96. The number of nitrogens with one attached hydrogen (secondary N) is 1. The van der Waals surface area contributed by atoms with Crippen LogP contribution in [0.1, 0.15) is 30.4 Å². The summed E-state index contributed by atoms with van der Waals surface area (Å²) < 4.78 is 67.2. The number of aliphatic hydroxyl groups is 1. The molecule has 2 bridgehead atoms. The molecule has 1 aromatic heterocycles. The van der Waals surface area contributed by atoms with Gasteiger partial charge < -0.3 is 15.3 Å². The highest BCUT2D eigenvalue weighted by atomic mass is 32.2. The molecule has 38 heavy (non-hydrogen) atoms. The molecule has 0 spiro atoms. The largest absolute Gasteiger partial charge is 0.511 e. The predicted molar refractivity (Wildman–Crippen MR) is 141 cm³/mol. The van der Waals surface area contributed by atoms with E-state index >= 15 is 0 Å². The number of benzene rings is 1. The second-order valence-corrected chi connectivity index (χ2v) is 15.2. The van der Waals surface area contributed by atoms with Crippen molar-refractivity contribution in [1.29, 1.82) is 0 Å². The average molecular weight is 580 g/mol. The van der Waals surface area contributed by atoms with E-state index in [0.717, 1.165) is 42.4 Å². The van der Waals surface area contributed by atoms with Crippen LogP contribution in [0.15, 0.2) is 50.3 Å². The number of fused-ring (bicyclic) bond motifs is 6. The lowest BCUT2D eigenvalue weighted by Gasteiger charge is -2.44. The molecular weight excluding hydrogens is 553 g/mol. The third-order valence-corrected chi connectivity index (χ3v) is 11.5. The lowest BCUT2D eigenvalue weighted by atomic mass is 9.77. The van der Waals surface area contributed by atoms with Gasteiger partial charge in [0.25, 0.3) is 15.9 Å². The lowest BCUT2D eigenvalue weighted by molar-refractivity contribution is -0.134. The smallest absolute Gasteiger partial charge is 0.287 e. The summed E-state index contributed by atoms with van der Waals surface area (Å²) >= 11 is 1.08. The molecule has 4 aliphatic rings. The van der Waals surface area contributed by atoms with Crippen molar-refractivity contribution < 1.29 is 31.1 Å². The Hall–Kier alpha value is -2.77. The number of rotatable bonds is 6. The van der Waals surface area contributed by atoms with Crippen LogP contribution in [0.3, 0.4) is 0 Å². The second kappa shape index (κ2) is 8.88. The molecule has 2 aromatic rings. The van der Waals surface area contributed by atoms with Gasteiger partial charge in [-0.05, 0) is 66.2 Å². The van der Waals surface area contributed by atoms with Crippen LogP contribution in [-0.2, 0) is 37.6 Å². The third-order valence-electron chi connectivity index (χ3n) is 8.04. The topological polar surface area (TPSA) is 133 Å². The molecular formula is C25H26FN3O6S3. The molecule has 2 aliphatic carbocycles. The van der Waals surface area contributed by atoms with Crippen LogP contribution in [0.2, 0.25) is 0 Å². The number of hydrogen-bond donors (Lipinski definition) is 2. The summed E-state index contributed by atoms with van der Waals surface area (Å²) in [5.74, 6) is -1.43. The number of halogens is 1. The molecule has 2 aliphatic heterocycles. The maximum absolute atomic E-state index is 13.9. The fourth-order valence-electron chi connectivity index (χ4n) is 6.46. The van der Waals surface area contributed by atoms with Crippen molar-refractivity contribution in [2.75, 3.05) is 17.3 Å². The van der Waals surface area contributed by atoms with E-state index in [1.54, 1.807) is 22.4 Å². The fourth-order valence-corrected chi connectivity index (χ4v) is 9.72. The third kappa shape index (κ3) is 4.24. The number of carbonyl (C=O) groups excluding carboxylic acids is 1. The number of sulfonamides is 1. The number of hydrogen-bond acceptors (Lipinski definition) is 8. The van der Waals surface area contributed by atoms with Crippen LogP contribution in [0.5, 0.6) is 0 Å². The minimum absolute atomic E-state index is 0.0155. The average Bonchev–Trinajstić information content (AvgIpc) is 3.56. The van der Waals surface area contributed by atoms with Gasteiger partial charge in [0.05, 0.1) is 5.75 Å². The molecule has 2 saturated carbocycles. The van der Waals surface area contributed by atoms with Gasteiger partial charge in [0.15, 0.2) is 5.84 Å². The van der Waals surface area contributed by atoms with Crippen LogP contribution in [0, 0.1) is 23.6 Å². The van der Waals surface area contributed by atoms with Gasteiger partial charge in [-0.25, -0.2) is 12.8 Å². The second-order valence-electron chi connectivity index (χ2n) is 10.5. The first-order chi connectivity index (χ1) is 17.9. The van der Waals surface area contributed by atoms with Gasteiger partial charge in [-0.2, -0.15) is 8.42 Å². The molecule has 202 valence electrons. The molecule has 0 radical (unpaired) electrons. The summed E-state index contributed by atoms with van der Waals surface area (Å²) in [6.45, 7) is 0.195. The number of aryl methyl sites for hydroxylation is 1. The first-order valence-electron chi connectivity index (χ1n) is 12.3. The van der Waals surface area contributed by atoms with Gasteiger partial charge in [0.2, 0.25) is 0 Å². The first kappa shape index (κ1) is 25.5. The lowest BCUT2D eigenvalue weighted by Crippen LogP contribution is -2.53. The maximum atomic E-state index is 13.9. The SMILES string of the molecule is CS(=O)(=O)CCc1csc2c1S(=O)(=O)N=C(C1=C(O)C3C([C@@H]4CC[C@H]3C4)N(Cc3ccc(F)cc3)C1=O)N2. The number of amides is 1. The van der Waals surface area contributed by atoms with Crippen molar-refractivity contribution in [3.05, 3.63) is 57.9 Å². The van der Waals surface area contributed by atoms with Crippen molar-refractivity contribution in [3.63, 3.8) is 0 Å². The number of carbonyl (C=O) groups is 1. The molecule has 1 aromatic carbocycles. The van der Waals surface area contributed by atoms with E-state index in [4.69, 9.17) is 0 Å². The molecule has 9 nitrogen and oxygen atoms in total. The van der Waals surface area contributed by atoms with Gasteiger partial charge in [0.1, 0.15) is 36.9 Å². The number of thiophene rings is 1. The zero-order valence-electron chi connectivity index (χ0n) is 20.4. The normalized spacial score (nSPS) is 27.7. The van der Waals surface area contributed by atoms with Crippen molar-refractivity contribution >= 4 is 47.9 Å². The zero-order valence-corrected chi connectivity index (χ0v) is 22.9. The molecule has 2 N–H and O–H groups in total. The Balaban J connectivity index is 1.39. The molecule has 3 heterocycles. The summed E-state index contributed by atoms with van der Waals surface area (Å²) in [4.78, 5) is 15.5. The van der Waals surface area contributed by atoms with E-state index in [1.807, 2.05) is 0 Å². The highest BCUT2D eigenvalue weighted by Gasteiger charge is 2.57. The predicted octanol–water partition coefficient (Wildman–Crippen LogP) is 3.26. The summed E-state index contributed by atoms with van der Waals surface area (Å²) in [5.41, 5.74) is 0.899. The van der Waals surface area contributed by atoms with Crippen molar-refractivity contribution in [2.45, 2.75) is 43.2 Å². The number of sulfone groups is 1. The Bertz CT molecular complexity index is 1610. The van der Waals surface area contributed by atoms with Crippen LogP contribution in [0.4, 0.5) is 9.39 Å². The minimum Gasteiger partial charge on any atom is -0.511 e. The molecule has 1 amide bonds. The number of anilines is 1. The summed E-state index contributed by atoms with van der Waals surface area (Å²) in [6, 6.07) is 5.65. The van der Waals surface area contributed by atoms with E-state index in [1.165, 1.54) is 12.1 Å². The van der Waals surface area contributed by atoms with Crippen LogP contribution < -0.4 is 5.32 Å². The maximum Gasteiger partial charge on any atom is 0.287 e. The van der Waals surface area contributed by atoms with Gasteiger partial charge in [-0.15, -0.1) is 15.7 Å². The molecule has 0 saturated heterocycles. The Morgan fingerprint density at radius 1 is 1.21 bits per heavy atom. The molecule has 2 unspecified atom stereocenters. The fraction of sp³-hybridized carbons (Fsp3) is 0.440. The zero-order chi connectivity index (χ0) is 27.0. The van der Waals surface area contributed by atoms with E-state index in [9.17, 15) is 31.1 Å². The standard InChI is InChI=1S/C25H26FN3O6S3/c1-37(32,33)9-8-16-12-36-24-22(16)38(34,35)28-23(27-24)19-21(30)18-14-4-5-15(10-14)20(18)29(25(19)31)11-13-2-6-17(26)7-3-13/h2-3,6-7,12,14-15,18,20,30H,4-5,8-11H2,1H3,(H,27,28)/t14-,15+,18?,20?/m0/s1. The Labute approximate surface area is 224 Å². The molecule has 13 heteroatoms. The van der Waals surface area contributed by atoms with E-state index < -0.39 is 25.8 Å². The molecule has 4 atom stereocenters. The van der Waals surface area contributed by atoms with Gasteiger partial charge in [0, 0.05) is 24.8 Å². The van der Waals surface area contributed by atoms with E-state index in [-0.39, 0.29) is 75.4 Å². The van der Waals surface area contributed by atoms with Gasteiger partial charge >= 0.3 is 0 Å². The van der Waals surface area contributed by atoms with Crippen molar-refractivity contribution in [3.8, 4) is 0 Å². The van der Waals surface area contributed by atoms with Crippen molar-refractivity contribution in [1.82, 2.24) is 4.90 Å². The number of nitrogens with zero attached hydrogens (tertiary/aromatic N) is 2. The first-order valence-corrected chi connectivity index (χ1v) is 16.7. The highest BCUT2D eigenvalue weighted by molar-refractivity contribution is 7.91. The number of amidine groups is 1. The van der Waals surface area contributed by atoms with Crippen LogP contribution >= 0.6 is 11.3 Å². The number of aliphatic hydroxyl groups excluding tert-OH is 1. The molecule has 2 fully saturated rings. The highest BCUT2D eigenvalue weighted by Crippen LogP contribution is 2.55. The van der Waals surface area contributed by atoms with Gasteiger partial charge in [-0.1, -0.05) is 12.1 Å². The van der Waals surface area contributed by atoms with E-state index in [2.05, 4.69) is 9.71 Å². The molecule has 6 rings (SSSR count). The van der Waals surface area contributed by atoms with Crippen molar-refractivity contribution in [2.24, 2.45) is 22.2 Å². The summed E-state index contributed by atoms with van der Waals surface area (Å²) in [6.07, 6.45) is 3.83. The van der Waals surface area contributed by atoms with E-state index in [0.29, 0.717) is 5.56 Å². The van der Waals surface area contributed by atoms with Gasteiger partial charge in [-0.3, -0.25) is 4.79 Å². The monoisotopic (exact) mass is 579 g/mol. The van der Waals surface area contributed by atoms with Crippen LogP contribution in [-0.4, -0.2) is 56.6 Å². The van der Waals surface area contributed by atoms with Crippen LogP contribution in [0.25, 0.3) is 0 Å². The minimum atomic E-state index is -4.27.